The molecule has 1 aliphatic rings. The Morgan fingerprint density at radius 2 is 1.45 bits per heavy atom. The summed E-state index contributed by atoms with van der Waals surface area (Å²) in [6.45, 7) is -0.182. The topological polar surface area (TPSA) is 46.6 Å². The molecular formula is C15H10FNO3. The van der Waals surface area contributed by atoms with Crippen LogP contribution in [0.2, 0.25) is 0 Å². The van der Waals surface area contributed by atoms with Gasteiger partial charge in [0.15, 0.2) is 0 Å². The Morgan fingerprint density at radius 3 is 2.05 bits per heavy atom. The average Bonchev–Trinajstić information content (AvgIpc) is 2.71. The van der Waals surface area contributed by atoms with Crippen LogP contribution in [0.25, 0.3) is 0 Å². The van der Waals surface area contributed by atoms with Crippen LogP contribution in [0.15, 0.2) is 48.5 Å². The molecule has 0 unspecified atom stereocenters. The van der Waals surface area contributed by atoms with E-state index < -0.39 is 17.6 Å². The molecule has 0 radical (unpaired) electrons. The van der Waals surface area contributed by atoms with Crippen molar-refractivity contribution in [2.45, 2.75) is 6.61 Å². The van der Waals surface area contributed by atoms with Crippen molar-refractivity contribution in [1.82, 2.24) is 5.06 Å². The minimum Gasteiger partial charge on any atom is -0.266 e. The summed E-state index contributed by atoms with van der Waals surface area (Å²) in [7, 11) is 0. The lowest BCUT2D eigenvalue weighted by atomic mass is 10.1. The van der Waals surface area contributed by atoms with Gasteiger partial charge in [0.05, 0.1) is 11.1 Å². The third kappa shape index (κ3) is 1.98. The number of nitrogens with zero attached hydrogens (tertiary/aromatic N) is 1. The molecule has 5 heteroatoms. The highest BCUT2D eigenvalue weighted by atomic mass is 19.1. The molecule has 3 rings (SSSR count). The molecule has 100 valence electrons. The van der Waals surface area contributed by atoms with Crippen molar-refractivity contribution in [3.63, 3.8) is 0 Å². The van der Waals surface area contributed by atoms with Crippen LogP contribution in [0.4, 0.5) is 4.39 Å². The van der Waals surface area contributed by atoms with Crippen LogP contribution in [0.3, 0.4) is 0 Å². The second-order valence-electron chi connectivity index (χ2n) is 4.32. The largest absolute Gasteiger partial charge is 0.285 e. The maximum Gasteiger partial charge on any atom is 0.285 e. The Bertz CT molecular complexity index is 664. The van der Waals surface area contributed by atoms with Crippen molar-refractivity contribution in [3.8, 4) is 0 Å². The first kappa shape index (κ1) is 12.5. The number of halogens is 1. The minimum atomic E-state index is -0.526. The van der Waals surface area contributed by atoms with Crippen LogP contribution in [-0.2, 0) is 11.4 Å². The van der Waals surface area contributed by atoms with Gasteiger partial charge in [-0.2, -0.15) is 0 Å². The van der Waals surface area contributed by atoms with E-state index in [1.807, 2.05) is 0 Å². The molecule has 2 aromatic carbocycles. The first-order valence-corrected chi connectivity index (χ1v) is 6.02. The van der Waals surface area contributed by atoms with Gasteiger partial charge in [-0.05, 0) is 18.2 Å². The molecule has 0 atom stereocenters. The molecule has 20 heavy (non-hydrogen) atoms. The van der Waals surface area contributed by atoms with Crippen LogP contribution in [0.1, 0.15) is 26.3 Å². The summed E-state index contributed by atoms with van der Waals surface area (Å²) in [5, 5.41) is 0.678. The zero-order chi connectivity index (χ0) is 14.1. The fourth-order valence-electron chi connectivity index (χ4n) is 2.03. The number of hydrogen-bond acceptors (Lipinski definition) is 3. The number of hydrogen-bond donors (Lipinski definition) is 0. The van der Waals surface area contributed by atoms with Crippen LogP contribution in [-0.4, -0.2) is 16.9 Å². The lowest BCUT2D eigenvalue weighted by Crippen LogP contribution is -2.29. The molecule has 0 spiro atoms. The third-order valence-electron chi connectivity index (χ3n) is 3.06. The molecule has 4 nitrogen and oxygen atoms in total. The monoisotopic (exact) mass is 271 g/mol. The summed E-state index contributed by atoms with van der Waals surface area (Å²) in [6, 6.07) is 12.5. The fourth-order valence-corrected chi connectivity index (χ4v) is 2.03. The average molecular weight is 271 g/mol. The predicted octanol–water partition coefficient (Wildman–Crippen LogP) is 2.55. The zero-order valence-electron chi connectivity index (χ0n) is 10.4. The summed E-state index contributed by atoms with van der Waals surface area (Å²) >= 11 is 0. The van der Waals surface area contributed by atoms with Gasteiger partial charge < -0.3 is 0 Å². The first-order chi connectivity index (χ1) is 9.68. The minimum absolute atomic E-state index is 0.182. The Morgan fingerprint density at radius 1 is 0.900 bits per heavy atom. The van der Waals surface area contributed by atoms with E-state index in [0.717, 1.165) is 0 Å². The van der Waals surface area contributed by atoms with Crippen molar-refractivity contribution in [1.29, 1.82) is 0 Å². The first-order valence-electron chi connectivity index (χ1n) is 6.02. The van der Waals surface area contributed by atoms with Crippen LogP contribution in [0, 0.1) is 5.82 Å². The second kappa shape index (κ2) is 4.86. The highest BCUT2D eigenvalue weighted by Crippen LogP contribution is 2.23. The smallest absolute Gasteiger partial charge is 0.266 e. The molecule has 0 saturated heterocycles. The Hall–Kier alpha value is -2.53. The van der Waals surface area contributed by atoms with Gasteiger partial charge in [-0.25, -0.2) is 4.39 Å². The van der Waals surface area contributed by atoms with Gasteiger partial charge in [0.25, 0.3) is 11.8 Å². The molecule has 0 N–H and O–H groups in total. The summed E-state index contributed by atoms with van der Waals surface area (Å²) in [6.07, 6.45) is 0. The lowest BCUT2D eigenvalue weighted by molar-refractivity contribution is -0.101. The number of carbonyl (C=O) groups is 2. The summed E-state index contributed by atoms with van der Waals surface area (Å²) in [5.41, 5.74) is 0.876. The van der Waals surface area contributed by atoms with Crippen molar-refractivity contribution in [2.75, 3.05) is 0 Å². The van der Waals surface area contributed by atoms with Crippen molar-refractivity contribution >= 4 is 11.8 Å². The van der Waals surface area contributed by atoms with E-state index in [9.17, 15) is 14.0 Å². The van der Waals surface area contributed by atoms with Gasteiger partial charge in [0, 0.05) is 5.56 Å². The third-order valence-corrected chi connectivity index (χ3v) is 3.06. The highest BCUT2D eigenvalue weighted by Gasteiger charge is 2.36. The molecule has 1 aliphatic heterocycles. The van der Waals surface area contributed by atoms with E-state index >= 15 is 0 Å². The quantitative estimate of drug-likeness (QED) is 0.806. The SMILES string of the molecule is O=C1c2ccccc2C(=O)N1OCc1ccccc1F. The number of amides is 2. The van der Waals surface area contributed by atoms with Gasteiger partial charge in [0.1, 0.15) is 12.4 Å². The lowest BCUT2D eigenvalue weighted by Gasteiger charge is -2.13. The summed E-state index contributed by atoms with van der Waals surface area (Å²) < 4.78 is 13.5. The van der Waals surface area contributed by atoms with Gasteiger partial charge in [-0.1, -0.05) is 30.3 Å². The Labute approximate surface area is 114 Å². The number of imide groups is 1. The number of fused-ring (bicyclic) bond motifs is 1. The number of rotatable bonds is 3. The molecule has 0 saturated carbocycles. The maximum atomic E-state index is 13.5. The molecule has 0 bridgehead atoms. The van der Waals surface area contributed by atoms with Crippen molar-refractivity contribution in [3.05, 3.63) is 71.0 Å². The standard InChI is InChI=1S/C15H10FNO3/c16-13-8-4-1-5-10(13)9-20-17-14(18)11-6-2-3-7-12(11)15(17)19/h1-8H,9H2. The fraction of sp³-hybridized carbons (Fsp3) is 0.0667. The molecule has 0 aromatic heterocycles. The van der Waals surface area contributed by atoms with Crippen molar-refractivity contribution in [2.24, 2.45) is 0 Å². The van der Waals surface area contributed by atoms with Crippen molar-refractivity contribution < 1.29 is 18.8 Å². The van der Waals surface area contributed by atoms with Gasteiger partial charge >= 0.3 is 0 Å². The van der Waals surface area contributed by atoms with Crippen LogP contribution in [0.5, 0.6) is 0 Å². The Balaban J connectivity index is 1.79. The van der Waals surface area contributed by atoms with E-state index in [-0.39, 0.29) is 12.2 Å². The molecule has 1 heterocycles. The van der Waals surface area contributed by atoms with E-state index in [4.69, 9.17) is 4.84 Å². The molecule has 2 aromatic rings. The Kier molecular flexibility index (Phi) is 3.04. The van der Waals surface area contributed by atoms with E-state index in [1.165, 1.54) is 12.1 Å². The summed E-state index contributed by atoms with van der Waals surface area (Å²) in [4.78, 5) is 29.2. The second-order valence-corrected chi connectivity index (χ2v) is 4.32. The van der Waals surface area contributed by atoms with Gasteiger partial charge in [-0.3, -0.25) is 14.4 Å². The normalized spacial score (nSPS) is 13.8. The van der Waals surface area contributed by atoms with E-state index in [2.05, 4.69) is 0 Å². The van der Waals surface area contributed by atoms with Crippen LogP contribution < -0.4 is 0 Å². The molecular weight excluding hydrogens is 261 g/mol. The summed E-state index contributed by atoms with van der Waals surface area (Å²) in [5.74, 6) is -1.49. The van der Waals surface area contributed by atoms with Gasteiger partial charge in [0.2, 0.25) is 0 Å². The molecule has 2 amide bonds. The maximum absolute atomic E-state index is 13.5. The highest BCUT2D eigenvalue weighted by molar-refractivity contribution is 6.20. The molecule has 0 fully saturated rings. The number of hydroxylamine groups is 2. The zero-order valence-corrected chi connectivity index (χ0v) is 10.4. The van der Waals surface area contributed by atoms with E-state index in [0.29, 0.717) is 16.2 Å². The van der Waals surface area contributed by atoms with Gasteiger partial charge in [-0.15, -0.1) is 5.06 Å². The van der Waals surface area contributed by atoms with E-state index in [1.54, 1.807) is 36.4 Å². The number of carbonyl (C=O) groups excluding carboxylic acids is 2. The predicted molar refractivity (Wildman–Crippen MR) is 68.1 cm³/mol. The number of benzene rings is 2. The molecule has 0 aliphatic carbocycles. The van der Waals surface area contributed by atoms with Crippen LogP contribution >= 0.6 is 0 Å².